The van der Waals surface area contributed by atoms with E-state index in [0.717, 1.165) is 10.2 Å². The Bertz CT molecular complexity index is 640. The van der Waals surface area contributed by atoms with Crippen molar-refractivity contribution < 1.29 is 4.43 Å². The molecule has 1 nitrogen and oxygen atoms in total. The molecule has 0 saturated carbocycles. The van der Waals surface area contributed by atoms with E-state index in [9.17, 15) is 0 Å². The molecule has 0 aliphatic rings. The van der Waals surface area contributed by atoms with Crippen molar-refractivity contribution in [2.75, 3.05) is 0 Å². The molecule has 0 fully saturated rings. The third-order valence-electron chi connectivity index (χ3n) is 4.28. The van der Waals surface area contributed by atoms with Crippen LogP contribution in [0.1, 0.15) is 20.8 Å². The van der Waals surface area contributed by atoms with Gasteiger partial charge in [-0.25, -0.2) is 0 Å². The van der Waals surface area contributed by atoms with Crippen molar-refractivity contribution in [2.24, 2.45) is 0 Å². The predicted molar refractivity (Wildman–Crippen MR) is 110 cm³/mol. The van der Waals surface area contributed by atoms with Crippen molar-refractivity contribution in [2.45, 2.75) is 38.9 Å². The largest absolute Gasteiger partial charge is 0.544 e. The lowest BCUT2D eigenvalue weighted by atomic mass is 10.1. The summed E-state index contributed by atoms with van der Waals surface area (Å²) in [5.41, 5.74) is 2.45. The fourth-order valence-corrected chi connectivity index (χ4v) is 4.72. The topological polar surface area (TPSA) is 9.23 Å². The van der Waals surface area contributed by atoms with Crippen LogP contribution in [-0.2, 0) is 0 Å². The van der Waals surface area contributed by atoms with Crippen LogP contribution in [0.5, 0.6) is 5.75 Å². The van der Waals surface area contributed by atoms with Crippen molar-refractivity contribution in [3.05, 3.63) is 50.5 Å². The van der Waals surface area contributed by atoms with Gasteiger partial charge in [0.2, 0.25) is 8.32 Å². The first-order valence-corrected chi connectivity index (χ1v) is 12.1. The summed E-state index contributed by atoms with van der Waals surface area (Å²) >= 11 is 6.02. The molecule has 0 atom stereocenters. The average molecular weight is 489 g/mol. The molecule has 4 heteroatoms. The maximum atomic E-state index is 6.34. The minimum Gasteiger partial charge on any atom is -0.544 e. The van der Waals surface area contributed by atoms with E-state index in [-0.39, 0.29) is 5.04 Å². The molecule has 2 aromatic carbocycles. The first-order valence-electron chi connectivity index (χ1n) is 7.35. The van der Waals surface area contributed by atoms with Gasteiger partial charge in [-0.3, -0.25) is 0 Å². The minimum atomic E-state index is -1.77. The molecule has 2 aromatic rings. The van der Waals surface area contributed by atoms with Gasteiger partial charge >= 0.3 is 0 Å². The maximum Gasteiger partial charge on any atom is 0.250 e. The second-order valence-corrected chi connectivity index (χ2v) is 13.7. The van der Waals surface area contributed by atoms with Crippen LogP contribution in [0.3, 0.4) is 0 Å². The summed E-state index contributed by atoms with van der Waals surface area (Å²) in [5.74, 6) is 0.970. The summed E-state index contributed by atoms with van der Waals surface area (Å²) in [6, 6.07) is 14.7. The van der Waals surface area contributed by atoms with Crippen LogP contribution >= 0.6 is 38.5 Å². The van der Waals surface area contributed by atoms with Gasteiger partial charge in [0.15, 0.2) is 0 Å². The Morgan fingerprint density at radius 3 is 2.09 bits per heavy atom. The van der Waals surface area contributed by atoms with Crippen molar-refractivity contribution in [3.8, 4) is 16.9 Å². The second-order valence-electron chi connectivity index (χ2n) is 6.98. The maximum absolute atomic E-state index is 6.34. The smallest absolute Gasteiger partial charge is 0.250 e. The Morgan fingerprint density at radius 2 is 1.59 bits per heavy atom. The van der Waals surface area contributed by atoms with Crippen LogP contribution in [0, 0.1) is 3.57 Å². The van der Waals surface area contributed by atoms with Gasteiger partial charge in [0.25, 0.3) is 0 Å². The van der Waals surface area contributed by atoms with E-state index < -0.39 is 8.32 Å². The molecule has 0 saturated heterocycles. The zero-order valence-electron chi connectivity index (χ0n) is 13.7. The van der Waals surface area contributed by atoms with Crippen LogP contribution in [-0.4, -0.2) is 8.32 Å². The molecule has 0 aromatic heterocycles. The van der Waals surface area contributed by atoms with Crippen LogP contribution in [0.15, 0.2) is 46.9 Å². The molecule has 0 radical (unpaired) electrons. The van der Waals surface area contributed by atoms with Crippen molar-refractivity contribution >= 4 is 46.8 Å². The van der Waals surface area contributed by atoms with Crippen molar-refractivity contribution in [3.63, 3.8) is 0 Å². The Balaban J connectivity index is 2.29. The van der Waals surface area contributed by atoms with Gasteiger partial charge < -0.3 is 4.43 Å². The third kappa shape index (κ3) is 3.95. The van der Waals surface area contributed by atoms with Crippen molar-refractivity contribution in [1.82, 2.24) is 0 Å². The van der Waals surface area contributed by atoms with Crippen LogP contribution in [0.2, 0.25) is 18.1 Å². The molecule has 0 spiro atoms. The highest BCUT2D eigenvalue weighted by atomic mass is 127. The summed E-state index contributed by atoms with van der Waals surface area (Å²) in [4.78, 5) is 0. The first-order chi connectivity index (χ1) is 10.1. The second kappa shape index (κ2) is 6.65. The third-order valence-corrected chi connectivity index (χ3v) is 10.2. The molecule has 0 amide bonds. The zero-order valence-corrected chi connectivity index (χ0v) is 18.4. The lowest BCUT2D eigenvalue weighted by Crippen LogP contribution is -2.43. The summed E-state index contributed by atoms with van der Waals surface area (Å²) in [6.07, 6.45) is 0. The van der Waals surface area contributed by atoms with Gasteiger partial charge in [-0.05, 0) is 70.6 Å². The molecule has 118 valence electrons. The summed E-state index contributed by atoms with van der Waals surface area (Å²) in [7, 11) is -1.77. The molecule has 0 unspecified atom stereocenters. The molecule has 0 bridgehead atoms. The summed E-state index contributed by atoms with van der Waals surface area (Å²) in [5, 5.41) is 0.212. The fraction of sp³-hybridized carbons (Fsp3) is 0.333. The first kappa shape index (κ1) is 18.0. The highest BCUT2D eigenvalue weighted by Gasteiger charge is 2.38. The molecular formula is C18H22BrIOSi. The van der Waals surface area contributed by atoms with E-state index in [2.05, 4.69) is 115 Å². The number of halogens is 2. The number of hydrogen-bond donors (Lipinski definition) is 0. The molecule has 0 aliphatic carbocycles. The van der Waals surface area contributed by atoms with E-state index in [4.69, 9.17) is 4.43 Å². The Labute approximate surface area is 156 Å². The predicted octanol–water partition coefficient (Wildman–Crippen LogP) is 7.10. The summed E-state index contributed by atoms with van der Waals surface area (Å²) in [6.45, 7) is 11.3. The molecule has 0 N–H and O–H groups in total. The van der Waals surface area contributed by atoms with E-state index >= 15 is 0 Å². The Morgan fingerprint density at radius 1 is 1.00 bits per heavy atom. The number of benzene rings is 2. The van der Waals surface area contributed by atoms with Gasteiger partial charge in [0.1, 0.15) is 5.75 Å². The van der Waals surface area contributed by atoms with Gasteiger partial charge in [0, 0.05) is 13.6 Å². The van der Waals surface area contributed by atoms with Crippen LogP contribution in [0.4, 0.5) is 0 Å². The van der Waals surface area contributed by atoms with E-state index in [1.807, 2.05) is 0 Å². The molecule has 0 aliphatic heterocycles. The van der Waals surface area contributed by atoms with E-state index in [1.54, 1.807) is 0 Å². The molecule has 22 heavy (non-hydrogen) atoms. The average Bonchev–Trinajstić information content (AvgIpc) is 2.39. The number of hydrogen-bond acceptors (Lipinski definition) is 1. The lowest BCUT2D eigenvalue weighted by Gasteiger charge is -2.36. The minimum absolute atomic E-state index is 0.212. The molecule has 2 rings (SSSR count). The highest BCUT2D eigenvalue weighted by molar-refractivity contribution is 14.1. The lowest BCUT2D eigenvalue weighted by molar-refractivity contribution is 0.492. The Kier molecular flexibility index (Phi) is 5.45. The van der Waals surface area contributed by atoms with E-state index in [1.165, 1.54) is 14.7 Å². The standard InChI is InChI=1S/C18H22BrIOSi/c1-18(2,3)22(4,5)21-14-11-9-13(10-12-14)17-15(19)7-6-8-16(17)20/h6-12H,1-5H3. The van der Waals surface area contributed by atoms with Gasteiger partial charge in [0.05, 0.1) is 0 Å². The van der Waals surface area contributed by atoms with Gasteiger partial charge in [-0.1, -0.05) is 54.9 Å². The van der Waals surface area contributed by atoms with Gasteiger partial charge in [-0.2, -0.15) is 0 Å². The fourth-order valence-electron chi connectivity index (χ4n) is 1.91. The molecule has 0 heterocycles. The normalized spacial score (nSPS) is 12.3. The Hall–Kier alpha value is -0.333. The number of rotatable bonds is 3. The quantitative estimate of drug-likeness (QED) is 0.330. The monoisotopic (exact) mass is 488 g/mol. The molecular weight excluding hydrogens is 467 g/mol. The zero-order chi connectivity index (χ0) is 16.5. The van der Waals surface area contributed by atoms with Crippen molar-refractivity contribution in [1.29, 1.82) is 0 Å². The highest BCUT2D eigenvalue weighted by Crippen LogP contribution is 2.38. The van der Waals surface area contributed by atoms with E-state index in [0.29, 0.717) is 0 Å². The SMILES string of the molecule is CC(C)(C)[Si](C)(C)Oc1ccc(-c2c(Br)cccc2I)cc1. The summed E-state index contributed by atoms with van der Waals surface area (Å²) < 4.78 is 8.71. The van der Waals surface area contributed by atoms with Gasteiger partial charge in [-0.15, -0.1) is 0 Å². The van der Waals surface area contributed by atoms with Crippen LogP contribution < -0.4 is 4.43 Å². The van der Waals surface area contributed by atoms with Crippen LogP contribution in [0.25, 0.3) is 11.1 Å².